The molecule has 2 heteroatoms. The summed E-state index contributed by atoms with van der Waals surface area (Å²) in [7, 11) is 0. The summed E-state index contributed by atoms with van der Waals surface area (Å²) in [6.07, 6.45) is 3.44. The van der Waals surface area contributed by atoms with Crippen LogP contribution in [0.4, 0.5) is 0 Å². The molecule has 2 nitrogen and oxygen atoms in total. The van der Waals surface area contributed by atoms with E-state index in [0.717, 1.165) is 0 Å². The van der Waals surface area contributed by atoms with Crippen molar-refractivity contribution in [2.45, 2.75) is 13.8 Å². The zero-order valence-corrected chi connectivity index (χ0v) is 8.90. The molecule has 76 valence electrons. The SMILES string of the molecule is CC(C)/C=C/C(=O)c1ccc(C#N)cc1. The minimum absolute atomic E-state index is 0.0202. The summed E-state index contributed by atoms with van der Waals surface area (Å²) in [6.45, 7) is 4.03. The number of nitrogens with zero attached hydrogens (tertiary/aromatic N) is 1. The van der Waals surface area contributed by atoms with Crippen LogP contribution >= 0.6 is 0 Å². The van der Waals surface area contributed by atoms with E-state index in [4.69, 9.17) is 5.26 Å². The van der Waals surface area contributed by atoms with E-state index in [9.17, 15) is 4.79 Å². The number of carbonyl (C=O) groups excluding carboxylic acids is 1. The summed E-state index contributed by atoms with van der Waals surface area (Å²) in [5.41, 5.74) is 1.19. The molecular formula is C13H13NO. The summed E-state index contributed by atoms with van der Waals surface area (Å²) in [6, 6.07) is 8.66. The van der Waals surface area contributed by atoms with Crippen molar-refractivity contribution in [2.75, 3.05) is 0 Å². The van der Waals surface area contributed by atoms with E-state index in [2.05, 4.69) is 0 Å². The smallest absolute Gasteiger partial charge is 0.185 e. The van der Waals surface area contributed by atoms with Crippen LogP contribution in [0.5, 0.6) is 0 Å². The van der Waals surface area contributed by atoms with E-state index in [1.54, 1.807) is 30.3 Å². The van der Waals surface area contributed by atoms with Crippen LogP contribution in [-0.4, -0.2) is 5.78 Å². The normalized spacial score (nSPS) is 10.5. The molecule has 0 atom stereocenters. The Labute approximate surface area is 89.9 Å². The lowest BCUT2D eigenvalue weighted by atomic mass is 10.1. The summed E-state index contributed by atoms with van der Waals surface area (Å²) in [5, 5.41) is 8.59. The van der Waals surface area contributed by atoms with Crippen molar-refractivity contribution in [3.63, 3.8) is 0 Å². The average Bonchev–Trinajstić information content (AvgIpc) is 2.26. The third-order valence-electron chi connectivity index (χ3n) is 1.93. The van der Waals surface area contributed by atoms with E-state index in [1.165, 1.54) is 0 Å². The van der Waals surface area contributed by atoms with Gasteiger partial charge in [0.05, 0.1) is 11.6 Å². The highest BCUT2D eigenvalue weighted by Gasteiger charge is 2.01. The molecule has 0 aliphatic rings. The minimum atomic E-state index is -0.0202. The van der Waals surface area contributed by atoms with Gasteiger partial charge in [0.15, 0.2) is 5.78 Å². The van der Waals surface area contributed by atoms with Crippen molar-refractivity contribution in [2.24, 2.45) is 5.92 Å². The second-order valence-electron chi connectivity index (χ2n) is 3.66. The van der Waals surface area contributed by atoms with Gasteiger partial charge in [-0.15, -0.1) is 0 Å². The number of carbonyl (C=O) groups is 1. The zero-order valence-electron chi connectivity index (χ0n) is 8.90. The van der Waals surface area contributed by atoms with Crippen LogP contribution in [0.1, 0.15) is 29.8 Å². The van der Waals surface area contributed by atoms with Crippen molar-refractivity contribution >= 4 is 5.78 Å². The minimum Gasteiger partial charge on any atom is -0.289 e. The molecule has 0 aromatic heterocycles. The van der Waals surface area contributed by atoms with E-state index in [0.29, 0.717) is 17.0 Å². The zero-order chi connectivity index (χ0) is 11.3. The van der Waals surface area contributed by atoms with E-state index in [1.807, 2.05) is 26.0 Å². The standard InChI is InChI=1S/C13H13NO/c1-10(2)3-8-13(15)12-6-4-11(9-14)5-7-12/h3-8,10H,1-2H3/b8-3+. The van der Waals surface area contributed by atoms with Gasteiger partial charge in [-0.3, -0.25) is 4.79 Å². The number of ketones is 1. The number of rotatable bonds is 3. The molecule has 1 aromatic rings. The fourth-order valence-corrected chi connectivity index (χ4v) is 1.09. The second kappa shape index (κ2) is 5.11. The highest BCUT2D eigenvalue weighted by atomic mass is 16.1. The van der Waals surface area contributed by atoms with E-state index in [-0.39, 0.29) is 5.78 Å². The van der Waals surface area contributed by atoms with Crippen molar-refractivity contribution in [1.82, 2.24) is 0 Å². The lowest BCUT2D eigenvalue weighted by molar-refractivity contribution is 0.104. The Hall–Kier alpha value is -1.88. The van der Waals surface area contributed by atoms with Gasteiger partial charge in [-0.05, 0) is 36.3 Å². The lowest BCUT2D eigenvalue weighted by Crippen LogP contribution is -1.94. The van der Waals surface area contributed by atoms with Gasteiger partial charge in [-0.2, -0.15) is 5.26 Å². The van der Waals surface area contributed by atoms with Crippen LogP contribution in [-0.2, 0) is 0 Å². The van der Waals surface area contributed by atoms with Gasteiger partial charge in [0.25, 0.3) is 0 Å². The number of hydrogen-bond donors (Lipinski definition) is 0. The molecule has 0 saturated heterocycles. The van der Waals surface area contributed by atoms with Crippen molar-refractivity contribution in [3.8, 4) is 6.07 Å². The van der Waals surface area contributed by atoms with Crippen LogP contribution in [0.3, 0.4) is 0 Å². The predicted molar refractivity (Wildman–Crippen MR) is 59.5 cm³/mol. The fourth-order valence-electron chi connectivity index (χ4n) is 1.09. The van der Waals surface area contributed by atoms with Gasteiger partial charge in [0, 0.05) is 5.56 Å². The van der Waals surface area contributed by atoms with Crippen LogP contribution < -0.4 is 0 Å². The van der Waals surface area contributed by atoms with E-state index < -0.39 is 0 Å². The van der Waals surface area contributed by atoms with Gasteiger partial charge >= 0.3 is 0 Å². The lowest BCUT2D eigenvalue weighted by Gasteiger charge is -1.96. The Morgan fingerprint density at radius 2 is 1.93 bits per heavy atom. The van der Waals surface area contributed by atoms with Crippen molar-refractivity contribution in [1.29, 1.82) is 5.26 Å². The predicted octanol–water partition coefficient (Wildman–Crippen LogP) is 2.95. The first-order valence-electron chi connectivity index (χ1n) is 4.86. The molecule has 0 unspecified atom stereocenters. The molecule has 1 rings (SSSR count). The molecule has 0 spiro atoms. The van der Waals surface area contributed by atoms with E-state index >= 15 is 0 Å². The molecule has 15 heavy (non-hydrogen) atoms. The summed E-state index contributed by atoms with van der Waals surface area (Å²) in [4.78, 5) is 11.6. The molecule has 0 amide bonds. The summed E-state index contributed by atoms with van der Waals surface area (Å²) >= 11 is 0. The molecule has 0 saturated carbocycles. The topological polar surface area (TPSA) is 40.9 Å². The first-order valence-corrected chi connectivity index (χ1v) is 4.86. The molecule has 0 fully saturated rings. The third kappa shape index (κ3) is 3.40. The Morgan fingerprint density at radius 3 is 2.40 bits per heavy atom. The number of benzene rings is 1. The number of allylic oxidation sites excluding steroid dienone is 2. The highest BCUT2D eigenvalue weighted by molar-refractivity contribution is 6.04. The fraction of sp³-hybridized carbons (Fsp3) is 0.231. The first kappa shape index (κ1) is 11.2. The second-order valence-corrected chi connectivity index (χ2v) is 3.66. The Kier molecular flexibility index (Phi) is 3.82. The molecule has 0 heterocycles. The summed E-state index contributed by atoms with van der Waals surface area (Å²) in [5.74, 6) is 0.348. The van der Waals surface area contributed by atoms with Crippen LogP contribution in [0, 0.1) is 17.2 Å². The summed E-state index contributed by atoms with van der Waals surface area (Å²) < 4.78 is 0. The van der Waals surface area contributed by atoms with Gasteiger partial charge in [0.2, 0.25) is 0 Å². The molecule has 0 aliphatic heterocycles. The maximum atomic E-state index is 11.6. The molecule has 0 aliphatic carbocycles. The maximum absolute atomic E-state index is 11.6. The van der Waals surface area contributed by atoms with Crippen molar-refractivity contribution in [3.05, 3.63) is 47.5 Å². The number of hydrogen-bond acceptors (Lipinski definition) is 2. The average molecular weight is 199 g/mol. The van der Waals surface area contributed by atoms with Gasteiger partial charge < -0.3 is 0 Å². The quantitative estimate of drug-likeness (QED) is 0.554. The third-order valence-corrected chi connectivity index (χ3v) is 1.93. The monoisotopic (exact) mass is 199 g/mol. The Morgan fingerprint density at radius 1 is 1.33 bits per heavy atom. The maximum Gasteiger partial charge on any atom is 0.185 e. The van der Waals surface area contributed by atoms with Crippen LogP contribution in [0.2, 0.25) is 0 Å². The Balaban J connectivity index is 2.80. The van der Waals surface area contributed by atoms with Crippen molar-refractivity contribution < 1.29 is 4.79 Å². The van der Waals surface area contributed by atoms with Crippen LogP contribution in [0.25, 0.3) is 0 Å². The first-order chi connectivity index (χ1) is 7.13. The van der Waals surface area contributed by atoms with Gasteiger partial charge in [0.1, 0.15) is 0 Å². The number of nitriles is 1. The molecule has 0 N–H and O–H groups in total. The molecule has 0 radical (unpaired) electrons. The highest BCUT2D eigenvalue weighted by Crippen LogP contribution is 2.05. The van der Waals surface area contributed by atoms with Gasteiger partial charge in [-0.1, -0.05) is 19.9 Å². The molecule has 0 bridgehead atoms. The van der Waals surface area contributed by atoms with Gasteiger partial charge in [-0.25, -0.2) is 0 Å². The molecular weight excluding hydrogens is 186 g/mol. The Bertz CT molecular complexity index is 407. The molecule has 1 aromatic carbocycles. The largest absolute Gasteiger partial charge is 0.289 e. The van der Waals surface area contributed by atoms with Crippen LogP contribution in [0.15, 0.2) is 36.4 Å².